The molecule has 2 rings (SSSR count). The summed E-state index contributed by atoms with van der Waals surface area (Å²) < 4.78 is 6.95. The van der Waals surface area contributed by atoms with Crippen molar-refractivity contribution in [3.05, 3.63) is 35.8 Å². The van der Waals surface area contributed by atoms with Gasteiger partial charge in [-0.1, -0.05) is 6.07 Å². The van der Waals surface area contributed by atoms with Crippen molar-refractivity contribution in [3.63, 3.8) is 0 Å². The second-order valence-corrected chi connectivity index (χ2v) is 3.95. The zero-order valence-corrected chi connectivity index (χ0v) is 10.4. The van der Waals surface area contributed by atoms with Gasteiger partial charge in [0.25, 0.3) is 0 Å². The van der Waals surface area contributed by atoms with Gasteiger partial charge in [-0.25, -0.2) is 9.78 Å². The predicted molar refractivity (Wildman–Crippen MR) is 68.5 cm³/mol. The van der Waals surface area contributed by atoms with Crippen LogP contribution in [0.25, 0.3) is 5.65 Å². The number of carbonyl (C=O) groups is 1. The Labute approximate surface area is 106 Å². The quantitative estimate of drug-likeness (QED) is 0.811. The van der Waals surface area contributed by atoms with Gasteiger partial charge in [-0.05, 0) is 38.4 Å². The number of aromatic nitrogens is 2. The highest BCUT2D eigenvalue weighted by molar-refractivity contribution is 5.89. The molecule has 0 radical (unpaired) electrons. The minimum atomic E-state index is -0.367. The van der Waals surface area contributed by atoms with E-state index < -0.39 is 0 Å². The second-order valence-electron chi connectivity index (χ2n) is 3.95. The highest BCUT2D eigenvalue weighted by Gasteiger charge is 2.19. The molecule has 0 unspecified atom stereocenters. The Morgan fingerprint density at radius 3 is 3.06 bits per heavy atom. The minimum Gasteiger partial charge on any atom is -0.461 e. The van der Waals surface area contributed by atoms with Crippen LogP contribution < -0.4 is 5.73 Å². The third-order valence-corrected chi connectivity index (χ3v) is 2.72. The molecule has 0 aliphatic carbocycles. The summed E-state index contributed by atoms with van der Waals surface area (Å²) in [7, 11) is 0. The van der Waals surface area contributed by atoms with Crippen molar-refractivity contribution in [2.75, 3.05) is 13.2 Å². The predicted octanol–water partition coefficient (Wildman–Crippen LogP) is 1.40. The van der Waals surface area contributed by atoms with Gasteiger partial charge in [0.05, 0.1) is 12.3 Å². The Bertz CT molecular complexity index is 548. The van der Waals surface area contributed by atoms with Crippen LogP contribution in [0.2, 0.25) is 0 Å². The van der Waals surface area contributed by atoms with Gasteiger partial charge in [-0.15, -0.1) is 0 Å². The molecule has 0 aliphatic rings. The third kappa shape index (κ3) is 2.36. The van der Waals surface area contributed by atoms with E-state index in [2.05, 4.69) is 4.98 Å². The molecule has 2 heterocycles. The first kappa shape index (κ1) is 12.6. The number of hydrogen-bond acceptors (Lipinski definition) is 4. The lowest BCUT2D eigenvalue weighted by atomic mass is 10.2. The normalized spacial score (nSPS) is 10.8. The van der Waals surface area contributed by atoms with E-state index in [0.29, 0.717) is 18.8 Å². The summed E-state index contributed by atoms with van der Waals surface area (Å²) in [5, 5.41) is 0. The molecule has 5 heteroatoms. The van der Waals surface area contributed by atoms with Crippen LogP contribution in [0, 0.1) is 0 Å². The van der Waals surface area contributed by atoms with Gasteiger partial charge in [0.1, 0.15) is 5.65 Å². The first-order valence-electron chi connectivity index (χ1n) is 6.11. The Morgan fingerprint density at radius 1 is 1.50 bits per heavy atom. The maximum Gasteiger partial charge on any atom is 0.358 e. The lowest BCUT2D eigenvalue weighted by molar-refractivity contribution is 0.0519. The van der Waals surface area contributed by atoms with Crippen molar-refractivity contribution < 1.29 is 9.53 Å². The number of hydrogen-bond donors (Lipinski definition) is 1. The Balaban J connectivity index is 2.46. The highest BCUT2D eigenvalue weighted by Crippen LogP contribution is 2.15. The molecule has 0 aromatic carbocycles. The van der Waals surface area contributed by atoms with E-state index in [9.17, 15) is 4.79 Å². The number of nitrogens with zero attached hydrogens (tertiary/aromatic N) is 2. The van der Waals surface area contributed by atoms with Crippen molar-refractivity contribution in [2.24, 2.45) is 5.73 Å². The fourth-order valence-corrected chi connectivity index (χ4v) is 1.92. The van der Waals surface area contributed by atoms with E-state index in [1.165, 1.54) is 0 Å². The molecule has 0 bridgehead atoms. The molecule has 96 valence electrons. The SMILES string of the molecule is CCOC(=O)c1nc2ccccn2c1CCCN. The van der Waals surface area contributed by atoms with Crippen LogP contribution in [0.3, 0.4) is 0 Å². The average molecular weight is 247 g/mol. The Kier molecular flexibility index (Phi) is 3.94. The molecule has 2 N–H and O–H groups in total. The monoisotopic (exact) mass is 247 g/mol. The first-order chi connectivity index (χ1) is 8.77. The Hall–Kier alpha value is -1.88. The maximum atomic E-state index is 11.9. The second kappa shape index (κ2) is 5.64. The highest BCUT2D eigenvalue weighted by atomic mass is 16.5. The summed E-state index contributed by atoms with van der Waals surface area (Å²) in [5.74, 6) is -0.367. The number of esters is 1. The number of carbonyl (C=O) groups excluding carboxylic acids is 1. The number of ether oxygens (including phenoxy) is 1. The number of nitrogens with two attached hydrogens (primary N) is 1. The number of imidazole rings is 1. The molecule has 0 spiro atoms. The van der Waals surface area contributed by atoms with Crippen LogP contribution in [0.5, 0.6) is 0 Å². The average Bonchev–Trinajstić information content (AvgIpc) is 2.75. The fraction of sp³-hybridized carbons (Fsp3) is 0.385. The molecule has 18 heavy (non-hydrogen) atoms. The van der Waals surface area contributed by atoms with Crippen LogP contribution >= 0.6 is 0 Å². The summed E-state index contributed by atoms with van der Waals surface area (Å²) in [4.78, 5) is 16.2. The Morgan fingerprint density at radius 2 is 2.33 bits per heavy atom. The molecule has 0 amide bonds. The van der Waals surface area contributed by atoms with Gasteiger partial charge in [0, 0.05) is 6.20 Å². The molecular formula is C13H17N3O2. The topological polar surface area (TPSA) is 69.6 Å². The minimum absolute atomic E-state index is 0.350. The molecular weight excluding hydrogens is 230 g/mol. The zero-order chi connectivity index (χ0) is 13.0. The van der Waals surface area contributed by atoms with E-state index in [-0.39, 0.29) is 5.97 Å². The smallest absolute Gasteiger partial charge is 0.358 e. The van der Waals surface area contributed by atoms with Gasteiger partial charge in [0.2, 0.25) is 0 Å². The number of pyridine rings is 1. The number of fused-ring (bicyclic) bond motifs is 1. The summed E-state index contributed by atoms with van der Waals surface area (Å²) in [6, 6.07) is 5.67. The molecule has 0 saturated carbocycles. The largest absolute Gasteiger partial charge is 0.461 e. The van der Waals surface area contributed by atoms with Crippen molar-refractivity contribution >= 4 is 11.6 Å². The first-order valence-corrected chi connectivity index (χ1v) is 6.11. The summed E-state index contributed by atoms with van der Waals surface area (Å²) in [6.07, 6.45) is 3.43. The van der Waals surface area contributed by atoms with Gasteiger partial charge < -0.3 is 14.9 Å². The summed E-state index contributed by atoms with van der Waals surface area (Å²) in [5.41, 5.74) is 7.55. The number of aryl methyl sites for hydroxylation is 1. The molecule has 2 aromatic heterocycles. The van der Waals surface area contributed by atoms with E-state index in [0.717, 1.165) is 24.2 Å². The van der Waals surface area contributed by atoms with Crippen molar-refractivity contribution in [1.29, 1.82) is 0 Å². The zero-order valence-electron chi connectivity index (χ0n) is 10.4. The van der Waals surface area contributed by atoms with Gasteiger partial charge in [-0.2, -0.15) is 0 Å². The van der Waals surface area contributed by atoms with Crippen molar-refractivity contribution in [1.82, 2.24) is 9.38 Å². The molecule has 0 saturated heterocycles. The molecule has 0 fully saturated rings. The maximum absolute atomic E-state index is 11.9. The van der Waals surface area contributed by atoms with E-state index in [1.54, 1.807) is 6.92 Å². The van der Waals surface area contributed by atoms with Crippen molar-refractivity contribution in [2.45, 2.75) is 19.8 Å². The molecule has 0 aliphatic heterocycles. The standard InChI is InChI=1S/C13H17N3O2/c1-2-18-13(17)12-10(6-5-8-14)16-9-4-3-7-11(16)15-12/h3-4,7,9H,2,5-6,8,14H2,1H3. The molecule has 2 aromatic rings. The molecule has 0 atom stereocenters. The van der Waals surface area contributed by atoms with E-state index in [4.69, 9.17) is 10.5 Å². The van der Waals surface area contributed by atoms with Gasteiger partial charge in [-0.3, -0.25) is 0 Å². The summed E-state index contributed by atoms with van der Waals surface area (Å²) in [6.45, 7) is 2.72. The van der Waals surface area contributed by atoms with Crippen LogP contribution in [0.1, 0.15) is 29.5 Å². The lowest BCUT2D eigenvalue weighted by Gasteiger charge is -2.03. The third-order valence-electron chi connectivity index (χ3n) is 2.72. The van der Waals surface area contributed by atoms with Crippen molar-refractivity contribution in [3.8, 4) is 0 Å². The summed E-state index contributed by atoms with van der Waals surface area (Å²) >= 11 is 0. The van der Waals surface area contributed by atoms with Crippen LogP contribution in [-0.2, 0) is 11.2 Å². The van der Waals surface area contributed by atoms with E-state index >= 15 is 0 Å². The van der Waals surface area contributed by atoms with Crippen LogP contribution in [-0.4, -0.2) is 28.5 Å². The fourth-order valence-electron chi connectivity index (χ4n) is 1.92. The number of rotatable bonds is 5. The van der Waals surface area contributed by atoms with Gasteiger partial charge >= 0.3 is 5.97 Å². The van der Waals surface area contributed by atoms with Crippen LogP contribution in [0.4, 0.5) is 0 Å². The van der Waals surface area contributed by atoms with E-state index in [1.807, 2.05) is 28.8 Å². The lowest BCUT2D eigenvalue weighted by Crippen LogP contribution is -2.10. The van der Waals surface area contributed by atoms with Gasteiger partial charge in [0.15, 0.2) is 5.69 Å². The van der Waals surface area contributed by atoms with Crippen LogP contribution in [0.15, 0.2) is 24.4 Å². The molecule has 5 nitrogen and oxygen atoms in total.